The van der Waals surface area contributed by atoms with Crippen LogP contribution in [-0.2, 0) is 104 Å². The van der Waals surface area contributed by atoms with E-state index in [1.54, 1.807) is 0 Å². The second kappa shape index (κ2) is 26.3. The molecule has 5 heavy (non-hydrogen) atoms. The van der Waals surface area contributed by atoms with Gasteiger partial charge in [-0.2, -0.15) is 0 Å². The molecule has 0 aliphatic carbocycles. The van der Waals surface area contributed by atoms with Crippen LogP contribution in [0.3, 0.4) is 0 Å². The summed E-state index contributed by atoms with van der Waals surface area (Å²) in [5.41, 5.74) is 0. The molecule has 0 amide bonds. The van der Waals surface area contributed by atoms with Gasteiger partial charge in [-0.05, 0) is 0 Å². The fraction of sp³-hybridized carbons (Fsp3) is 0. The van der Waals surface area contributed by atoms with Gasteiger partial charge in [0.15, 0.2) is 0 Å². The first-order valence-corrected chi connectivity index (χ1v) is 0. The molecular formula is CrTaTi2W. The van der Waals surface area contributed by atoms with Gasteiger partial charge in [-0.15, -0.1) is 0 Å². The average Bonchev–Trinajstić information content (AvgIpc) is 0. The quantitative estimate of drug-likeness (QED) is 0.401. The van der Waals surface area contributed by atoms with E-state index in [-0.39, 0.29) is 104 Å². The zero-order chi connectivity index (χ0) is 0. The van der Waals surface area contributed by atoms with E-state index < -0.39 is 0 Å². The summed E-state index contributed by atoms with van der Waals surface area (Å²) in [4.78, 5) is 0. The van der Waals surface area contributed by atoms with E-state index >= 15 is 0 Å². The van der Waals surface area contributed by atoms with Gasteiger partial charge in [0.25, 0.3) is 0 Å². The van der Waals surface area contributed by atoms with E-state index in [9.17, 15) is 0 Å². The molecule has 0 saturated heterocycles. The van der Waals surface area contributed by atoms with Gasteiger partial charge < -0.3 is 0 Å². The summed E-state index contributed by atoms with van der Waals surface area (Å²) in [6.45, 7) is 0. The Kier molecular flexibility index (Phi) is 209. The van der Waals surface area contributed by atoms with Crippen LogP contribution in [0.4, 0.5) is 0 Å². The van der Waals surface area contributed by atoms with Crippen molar-refractivity contribution < 1.29 is 104 Å². The Hall–Kier alpha value is 3.39. The van der Waals surface area contributed by atoms with Crippen molar-refractivity contribution in [2.75, 3.05) is 0 Å². The summed E-state index contributed by atoms with van der Waals surface area (Å²) in [5, 5.41) is 0. The molecule has 25 valence electrons. The van der Waals surface area contributed by atoms with E-state index in [1.165, 1.54) is 0 Å². The topological polar surface area (TPSA) is 0 Å². The Bertz CT molecular complexity index is 9.61. The molecule has 0 bridgehead atoms. The molecule has 0 aliphatic rings. The first-order chi connectivity index (χ1) is 0. The Morgan fingerprint density at radius 2 is 0.800 bits per heavy atom. The molecule has 0 aromatic rings. The van der Waals surface area contributed by atoms with Crippen molar-refractivity contribution in [2.45, 2.75) is 0 Å². The fourth-order valence-corrected chi connectivity index (χ4v) is 0. The molecule has 5 heteroatoms. The predicted octanol–water partition coefficient (Wildman–Crippen LogP) is -0.0125. The SMILES string of the molecule is [Cr].[Ta].[Ti].[Ti].[W]. The Morgan fingerprint density at radius 1 is 0.800 bits per heavy atom. The third-order valence-electron chi connectivity index (χ3n) is 0. The molecule has 1 radical (unpaired) electrons. The first kappa shape index (κ1) is 39.9. The van der Waals surface area contributed by atoms with E-state index in [4.69, 9.17) is 0 Å². The van der Waals surface area contributed by atoms with Crippen molar-refractivity contribution in [2.24, 2.45) is 0 Å². The van der Waals surface area contributed by atoms with Crippen LogP contribution in [0.5, 0.6) is 0 Å². The van der Waals surface area contributed by atoms with Crippen LogP contribution in [-0.4, -0.2) is 0 Å². The van der Waals surface area contributed by atoms with Crippen LogP contribution >= 0.6 is 0 Å². The second-order valence-corrected chi connectivity index (χ2v) is 0. The van der Waals surface area contributed by atoms with E-state index in [0.29, 0.717) is 0 Å². The largest absolute Gasteiger partial charge is 0 e. The summed E-state index contributed by atoms with van der Waals surface area (Å²) < 4.78 is 0. The van der Waals surface area contributed by atoms with Crippen molar-refractivity contribution in [1.29, 1.82) is 0 Å². The van der Waals surface area contributed by atoms with Crippen LogP contribution in [0.25, 0.3) is 0 Å². The molecule has 0 nitrogen and oxygen atoms in total. The Balaban J connectivity index is 0. The number of hydrogen-bond donors (Lipinski definition) is 0. The maximum absolute atomic E-state index is 0. The van der Waals surface area contributed by atoms with Gasteiger partial charge in [0, 0.05) is 104 Å². The van der Waals surface area contributed by atoms with Gasteiger partial charge >= 0.3 is 0 Å². The third-order valence-corrected chi connectivity index (χ3v) is 0. The monoisotopic (exact) mass is 513 g/mol. The molecule has 0 spiro atoms. The smallest absolute Gasteiger partial charge is 0 e. The van der Waals surface area contributed by atoms with Gasteiger partial charge in [0.2, 0.25) is 0 Å². The van der Waals surface area contributed by atoms with Crippen molar-refractivity contribution in [3.05, 3.63) is 0 Å². The molecule has 0 N–H and O–H groups in total. The van der Waals surface area contributed by atoms with Crippen molar-refractivity contribution >= 4 is 0 Å². The van der Waals surface area contributed by atoms with E-state index in [0.717, 1.165) is 0 Å². The van der Waals surface area contributed by atoms with Crippen molar-refractivity contribution in [3.8, 4) is 0 Å². The molecule has 0 aromatic heterocycles. The number of hydrogen-bond acceptors (Lipinski definition) is 0. The minimum atomic E-state index is 0. The molecule has 0 aromatic carbocycles. The van der Waals surface area contributed by atoms with E-state index in [1.807, 2.05) is 0 Å². The standard InChI is InChI=1S/Cr.Ta.2Ti.W. The molecule has 0 aliphatic heterocycles. The normalized spacial score (nSPS) is 0. The van der Waals surface area contributed by atoms with Crippen LogP contribution in [0.2, 0.25) is 0 Å². The summed E-state index contributed by atoms with van der Waals surface area (Å²) in [6.07, 6.45) is 0. The second-order valence-electron chi connectivity index (χ2n) is 0. The predicted molar refractivity (Wildman–Crippen MR) is 0 cm³/mol. The van der Waals surface area contributed by atoms with Crippen LogP contribution in [0, 0.1) is 0 Å². The third kappa shape index (κ3) is 18.7. The van der Waals surface area contributed by atoms with Gasteiger partial charge in [-0.1, -0.05) is 0 Å². The van der Waals surface area contributed by atoms with Crippen LogP contribution < -0.4 is 0 Å². The molecule has 0 heterocycles. The zero-order valence-corrected chi connectivity index (χ0v) is 12.8. The van der Waals surface area contributed by atoms with E-state index in [2.05, 4.69) is 0 Å². The number of rotatable bonds is 0. The molecule has 0 atom stereocenters. The fourth-order valence-electron chi connectivity index (χ4n) is 0. The Morgan fingerprint density at radius 3 is 0.800 bits per heavy atom. The van der Waals surface area contributed by atoms with Gasteiger partial charge in [0.05, 0.1) is 0 Å². The molecule has 0 fully saturated rings. The minimum Gasteiger partial charge on any atom is 0 e. The summed E-state index contributed by atoms with van der Waals surface area (Å²) in [6, 6.07) is 0. The van der Waals surface area contributed by atoms with Gasteiger partial charge in [-0.3, -0.25) is 0 Å². The molecule has 0 saturated carbocycles. The average molecular weight is 513 g/mol. The maximum Gasteiger partial charge on any atom is 0 e. The first-order valence-electron chi connectivity index (χ1n) is 0. The van der Waals surface area contributed by atoms with Crippen LogP contribution in [0.15, 0.2) is 0 Å². The molecule has 0 unspecified atom stereocenters. The van der Waals surface area contributed by atoms with Crippen LogP contribution in [0.1, 0.15) is 0 Å². The summed E-state index contributed by atoms with van der Waals surface area (Å²) in [7, 11) is 0. The van der Waals surface area contributed by atoms with Crippen molar-refractivity contribution in [3.63, 3.8) is 0 Å². The molecule has 0 rings (SSSR count). The maximum atomic E-state index is 0. The Labute approximate surface area is 102 Å². The summed E-state index contributed by atoms with van der Waals surface area (Å²) in [5.74, 6) is 0. The van der Waals surface area contributed by atoms with Gasteiger partial charge in [0.1, 0.15) is 0 Å². The summed E-state index contributed by atoms with van der Waals surface area (Å²) >= 11 is 0. The minimum absolute atomic E-state index is 0. The van der Waals surface area contributed by atoms with Gasteiger partial charge in [-0.25, -0.2) is 0 Å². The molecular weight excluding hydrogens is 513 g/mol. The zero-order valence-electron chi connectivity index (χ0n) is 2.26. The van der Waals surface area contributed by atoms with Crippen molar-refractivity contribution in [1.82, 2.24) is 0 Å².